The van der Waals surface area contributed by atoms with E-state index in [2.05, 4.69) is 46.9 Å². The second kappa shape index (κ2) is 8.33. The zero-order chi connectivity index (χ0) is 13.4. The zero-order valence-corrected chi connectivity index (χ0v) is 12.8. The standard InChI is InChI=1S/C15H22BrNO/c1-4-6-7-14(17-10-5-2)12-8-9-15(18-3)13(16)11-12/h4,8-9,11,14,17H,1,5-7,10H2,2-3H3. The summed E-state index contributed by atoms with van der Waals surface area (Å²) in [5.74, 6) is 0.872. The molecule has 0 amide bonds. The molecule has 0 aliphatic heterocycles. The minimum absolute atomic E-state index is 0.380. The van der Waals surface area contributed by atoms with Gasteiger partial charge in [0, 0.05) is 6.04 Å². The van der Waals surface area contributed by atoms with Crippen LogP contribution in [-0.2, 0) is 0 Å². The Morgan fingerprint density at radius 3 is 2.83 bits per heavy atom. The molecule has 1 aromatic rings. The summed E-state index contributed by atoms with van der Waals surface area (Å²) in [6, 6.07) is 6.65. The highest BCUT2D eigenvalue weighted by molar-refractivity contribution is 9.10. The van der Waals surface area contributed by atoms with E-state index in [9.17, 15) is 0 Å². The van der Waals surface area contributed by atoms with Gasteiger partial charge in [-0.3, -0.25) is 0 Å². The number of benzene rings is 1. The van der Waals surface area contributed by atoms with Crippen LogP contribution in [0.2, 0.25) is 0 Å². The Kier molecular flexibility index (Phi) is 7.06. The van der Waals surface area contributed by atoms with Crippen LogP contribution in [0.15, 0.2) is 35.3 Å². The monoisotopic (exact) mass is 311 g/mol. The van der Waals surface area contributed by atoms with E-state index in [1.54, 1.807) is 7.11 Å². The Hall–Kier alpha value is -0.800. The molecule has 18 heavy (non-hydrogen) atoms. The van der Waals surface area contributed by atoms with E-state index < -0.39 is 0 Å². The van der Waals surface area contributed by atoms with Crippen molar-refractivity contribution in [2.75, 3.05) is 13.7 Å². The summed E-state index contributed by atoms with van der Waals surface area (Å²) in [4.78, 5) is 0. The van der Waals surface area contributed by atoms with E-state index in [1.807, 2.05) is 12.1 Å². The SMILES string of the molecule is C=CCCC(NCCC)c1ccc(OC)c(Br)c1. The van der Waals surface area contributed by atoms with E-state index in [4.69, 9.17) is 4.74 Å². The van der Waals surface area contributed by atoms with Crippen molar-refractivity contribution in [3.05, 3.63) is 40.9 Å². The largest absolute Gasteiger partial charge is 0.496 e. The van der Waals surface area contributed by atoms with Crippen molar-refractivity contribution in [1.82, 2.24) is 5.32 Å². The minimum atomic E-state index is 0.380. The van der Waals surface area contributed by atoms with Gasteiger partial charge in [0.15, 0.2) is 0 Å². The summed E-state index contributed by atoms with van der Waals surface area (Å²) >= 11 is 3.54. The fourth-order valence-corrected chi connectivity index (χ4v) is 2.45. The number of nitrogens with one attached hydrogen (secondary N) is 1. The smallest absolute Gasteiger partial charge is 0.133 e. The van der Waals surface area contributed by atoms with Crippen LogP contribution < -0.4 is 10.1 Å². The molecule has 0 fully saturated rings. The van der Waals surface area contributed by atoms with Crippen LogP contribution >= 0.6 is 15.9 Å². The van der Waals surface area contributed by atoms with Gasteiger partial charge in [0.1, 0.15) is 5.75 Å². The highest BCUT2D eigenvalue weighted by Gasteiger charge is 2.11. The predicted octanol–water partition coefficient (Wildman–Crippen LogP) is 4.46. The molecule has 1 aromatic carbocycles. The van der Waals surface area contributed by atoms with Crippen LogP contribution in [0.25, 0.3) is 0 Å². The molecule has 0 spiro atoms. The third-order valence-electron chi connectivity index (χ3n) is 2.88. The Balaban J connectivity index is 2.82. The molecule has 0 heterocycles. The first-order valence-electron chi connectivity index (χ1n) is 6.40. The fourth-order valence-electron chi connectivity index (χ4n) is 1.89. The van der Waals surface area contributed by atoms with E-state index in [-0.39, 0.29) is 0 Å². The molecule has 1 N–H and O–H groups in total. The summed E-state index contributed by atoms with van der Waals surface area (Å²) in [5.41, 5.74) is 1.29. The molecule has 100 valence electrons. The van der Waals surface area contributed by atoms with Gasteiger partial charge in [-0.05, 0) is 59.4 Å². The summed E-state index contributed by atoms with van der Waals surface area (Å²) in [6.45, 7) is 7.01. The van der Waals surface area contributed by atoms with E-state index in [0.717, 1.165) is 36.0 Å². The first kappa shape index (κ1) is 15.3. The molecule has 0 bridgehead atoms. The van der Waals surface area contributed by atoms with Crippen LogP contribution in [0.5, 0.6) is 5.75 Å². The number of halogens is 1. The molecule has 0 aliphatic rings. The lowest BCUT2D eigenvalue weighted by Gasteiger charge is -2.19. The Labute approximate surface area is 119 Å². The number of allylic oxidation sites excluding steroid dienone is 1. The maximum absolute atomic E-state index is 5.26. The van der Waals surface area contributed by atoms with E-state index in [1.165, 1.54) is 5.56 Å². The number of ether oxygens (including phenoxy) is 1. The fraction of sp³-hybridized carbons (Fsp3) is 0.467. The van der Waals surface area contributed by atoms with E-state index >= 15 is 0 Å². The van der Waals surface area contributed by atoms with Crippen molar-refractivity contribution >= 4 is 15.9 Å². The highest BCUT2D eigenvalue weighted by Crippen LogP contribution is 2.29. The first-order chi connectivity index (χ1) is 8.72. The lowest BCUT2D eigenvalue weighted by atomic mass is 10.0. The van der Waals surface area contributed by atoms with Crippen LogP contribution in [0.4, 0.5) is 0 Å². The number of rotatable bonds is 8. The lowest BCUT2D eigenvalue weighted by molar-refractivity contribution is 0.411. The molecule has 0 radical (unpaired) electrons. The molecule has 0 aromatic heterocycles. The van der Waals surface area contributed by atoms with Crippen molar-refractivity contribution in [3.8, 4) is 5.75 Å². The molecule has 0 aliphatic carbocycles. The maximum Gasteiger partial charge on any atom is 0.133 e. The molecular formula is C15H22BrNO. The predicted molar refractivity (Wildman–Crippen MR) is 81.2 cm³/mol. The molecule has 3 heteroatoms. The maximum atomic E-state index is 5.26. The highest BCUT2D eigenvalue weighted by atomic mass is 79.9. The molecule has 1 unspecified atom stereocenters. The van der Waals surface area contributed by atoms with Gasteiger partial charge in [-0.2, -0.15) is 0 Å². The summed E-state index contributed by atoms with van der Waals surface area (Å²) in [6.07, 6.45) is 5.20. The second-order valence-corrected chi connectivity index (χ2v) is 5.12. The average molecular weight is 312 g/mol. The van der Waals surface area contributed by atoms with Crippen LogP contribution in [0, 0.1) is 0 Å². The first-order valence-corrected chi connectivity index (χ1v) is 7.20. The van der Waals surface area contributed by atoms with Crippen LogP contribution in [0.3, 0.4) is 0 Å². The summed E-state index contributed by atoms with van der Waals surface area (Å²) in [7, 11) is 1.68. The lowest BCUT2D eigenvalue weighted by Crippen LogP contribution is -2.22. The second-order valence-electron chi connectivity index (χ2n) is 4.27. The third kappa shape index (κ3) is 4.46. The van der Waals surface area contributed by atoms with Gasteiger partial charge < -0.3 is 10.1 Å². The Bertz CT molecular complexity index is 379. The molecular weight excluding hydrogens is 290 g/mol. The third-order valence-corrected chi connectivity index (χ3v) is 3.50. The summed E-state index contributed by atoms with van der Waals surface area (Å²) < 4.78 is 6.26. The molecule has 1 rings (SSSR count). The van der Waals surface area contributed by atoms with Crippen molar-refractivity contribution < 1.29 is 4.74 Å². The quantitative estimate of drug-likeness (QED) is 0.715. The van der Waals surface area contributed by atoms with Gasteiger partial charge in [0.25, 0.3) is 0 Å². The average Bonchev–Trinajstić information content (AvgIpc) is 2.39. The van der Waals surface area contributed by atoms with Crippen LogP contribution in [-0.4, -0.2) is 13.7 Å². The normalized spacial score (nSPS) is 12.2. The summed E-state index contributed by atoms with van der Waals surface area (Å²) in [5, 5.41) is 3.58. The van der Waals surface area contributed by atoms with Crippen molar-refractivity contribution in [2.45, 2.75) is 32.2 Å². The number of hydrogen-bond acceptors (Lipinski definition) is 2. The molecule has 2 nitrogen and oxygen atoms in total. The van der Waals surface area contributed by atoms with Gasteiger partial charge in [0.05, 0.1) is 11.6 Å². The minimum Gasteiger partial charge on any atom is -0.496 e. The Morgan fingerprint density at radius 2 is 2.28 bits per heavy atom. The van der Waals surface area contributed by atoms with Gasteiger partial charge in [-0.25, -0.2) is 0 Å². The van der Waals surface area contributed by atoms with Crippen molar-refractivity contribution in [1.29, 1.82) is 0 Å². The van der Waals surface area contributed by atoms with Gasteiger partial charge in [0.2, 0.25) is 0 Å². The number of hydrogen-bond donors (Lipinski definition) is 1. The van der Waals surface area contributed by atoms with Crippen LogP contribution in [0.1, 0.15) is 37.8 Å². The van der Waals surface area contributed by atoms with Gasteiger partial charge >= 0.3 is 0 Å². The van der Waals surface area contributed by atoms with Gasteiger partial charge in [-0.15, -0.1) is 6.58 Å². The van der Waals surface area contributed by atoms with Crippen molar-refractivity contribution in [2.24, 2.45) is 0 Å². The van der Waals surface area contributed by atoms with Crippen molar-refractivity contribution in [3.63, 3.8) is 0 Å². The molecule has 0 saturated heterocycles. The van der Waals surface area contributed by atoms with Gasteiger partial charge in [-0.1, -0.05) is 19.1 Å². The number of methoxy groups -OCH3 is 1. The molecule has 0 saturated carbocycles. The zero-order valence-electron chi connectivity index (χ0n) is 11.2. The Morgan fingerprint density at radius 1 is 1.50 bits per heavy atom. The molecule has 1 atom stereocenters. The topological polar surface area (TPSA) is 21.3 Å². The van der Waals surface area contributed by atoms with E-state index in [0.29, 0.717) is 6.04 Å².